The van der Waals surface area contributed by atoms with Crippen LogP contribution < -0.4 is 10.6 Å². The highest BCUT2D eigenvalue weighted by molar-refractivity contribution is 6.51. The van der Waals surface area contributed by atoms with Crippen LogP contribution in [0.25, 0.3) is 26.6 Å². The second-order valence-corrected chi connectivity index (χ2v) is 3.14. The zero-order valence-electron chi connectivity index (χ0n) is 8.68. The van der Waals surface area contributed by atoms with E-state index in [1.54, 1.807) is 0 Å². The van der Waals surface area contributed by atoms with E-state index in [0.717, 1.165) is 0 Å². The average Bonchev–Trinajstić information content (AvgIpc) is 2.35. The van der Waals surface area contributed by atoms with E-state index < -0.39 is 17.4 Å². The van der Waals surface area contributed by atoms with Gasteiger partial charge in [0.05, 0.1) is 5.36 Å². The molecule has 0 saturated heterocycles. The standard InChI is InChI=1S/C9H3N7O2/c10-15-13-5-3-1-2-4-6(5)7(14-16-11)8(17)9(18)12-4/h1-3H. The molecule has 0 fully saturated rings. The predicted molar refractivity (Wildman–Crippen MR) is 58.6 cm³/mol. The number of benzene rings is 1. The van der Waals surface area contributed by atoms with Crippen LogP contribution in [-0.2, 0) is 9.59 Å². The van der Waals surface area contributed by atoms with Crippen LogP contribution in [0.1, 0.15) is 0 Å². The fourth-order valence-electron chi connectivity index (χ4n) is 1.51. The summed E-state index contributed by atoms with van der Waals surface area (Å²) in [7, 11) is 0. The molecule has 86 valence electrons. The molecule has 9 nitrogen and oxygen atoms in total. The molecule has 0 spiro atoms. The first-order valence-corrected chi connectivity index (χ1v) is 4.60. The van der Waals surface area contributed by atoms with Crippen molar-refractivity contribution >= 4 is 23.1 Å². The fraction of sp³-hybridized carbons (Fsp3) is 0. The Morgan fingerprint density at radius 3 is 2.50 bits per heavy atom. The van der Waals surface area contributed by atoms with Crippen LogP contribution in [0.5, 0.6) is 0 Å². The molecule has 1 aliphatic rings. The number of carbonyl (C=O) groups excluding carboxylic acids is 2. The molecule has 0 aromatic heterocycles. The van der Waals surface area contributed by atoms with Gasteiger partial charge in [0.1, 0.15) is 5.70 Å². The molecule has 1 heterocycles. The van der Waals surface area contributed by atoms with Crippen molar-refractivity contribution in [3.05, 3.63) is 49.7 Å². The summed E-state index contributed by atoms with van der Waals surface area (Å²) in [6, 6.07) is 4.37. The Bertz CT molecular complexity index is 782. The summed E-state index contributed by atoms with van der Waals surface area (Å²) in [5.41, 5.74) is 16.5. The molecule has 2 rings (SSSR count). The molecule has 18 heavy (non-hydrogen) atoms. The van der Waals surface area contributed by atoms with Gasteiger partial charge in [-0.2, -0.15) is 0 Å². The first kappa shape index (κ1) is 11.3. The van der Waals surface area contributed by atoms with Crippen LogP contribution in [-0.4, -0.2) is 11.7 Å². The van der Waals surface area contributed by atoms with E-state index in [1.165, 1.54) is 18.2 Å². The van der Waals surface area contributed by atoms with Gasteiger partial charge in [-0.05, 0) is 17.1 Å². The van der Waals surface area contributed by atoms with Crippen LogP contribution in [0.15, 0.2) is 33.4 Å². The van der Waals surface area contributed by atoms with Gasteiger partial charge in [0.25, 0.3) is 5.78 Å². The summed E-state index contributed by atoms with van der Waals surface area (Å²) in [6.45, 7) is 0. The number of ketones is 1. The van der Waals surface area contributed by atoms with E-state index in [0.29, 0.717) is 0 Å². The molecule has 1 aromatic carbocycles. The topological polar surface area (TPSA) is 144 Å². The SMILES string of the molecule is [N-]=[N+]=NC1=c2c(N=[N+]=[N-])cccc2=NC(=O)C1=O. The number of azide groups is 2. The summed E-state index contributed by atoms with van der Waals surface area (Å²) in [5, 5.41) is 6.75. The Labute approximate surface area is 98.3 Å². The van der Waals surface area contributed by atoms with Gasteiger partial charge in [0, 0.05) is 20.7 Å². The summed E-state index contributed by atoms with van der Waals surface area (Å²) in [5.74, 6) is -2.05. The number of carbonyl (C=O) groups is 2. The molecule has 0 aliphatic carbocycles. The van der Waals surface area contributed by atoms with E-state index >= 15 is 0 Å². The Morgan fingerprint density at radius 2 is 1.83 bits per heavy atom. The highest BCUT2D eigenvalue weighted by Crippen LogP contribution is 2.09. The molecule has 9 heteroatoms. The maximum absolute atomic E-state index is 11.6. The monoisotopic (exact) mass is 241 g/mol. The number of nitrogens with zero attached hydrogens (tertiary/aromatic N) is 7. The van der Waals surface area contributed by atoms with Crippen molar-refractivity contribution in [2.24, 2.45) is 15.2 Å². The van der Waals surface area contributed by atoms with E-state index in [2.05, 4.69) is 25.0 Å². The Morgan fingerprint density at radius 1 is 1.11 bits per heavy atom. The van der Waals surface area contributed by atoms with Crippen molar-refractivity contribution in [2.75, 3.05) is 0 Å². The molecule has 0 unspecified atom stereocenters. The van der Waals surface area contributed by atoms with E-state index in [4.69, 9.17) is 11.1 Å². The maximum atomic E-state index is 11.6. The quantitative estimate of drug-likeness (QED) is 0.326. The second-order valence-electron chi connectivity index (χ2n) is 3.14. The molecule has 0 radical (unpaired) electrons. The van der Waals surface area contributed by atoms with Crippen LogP contribution in [0.2, 0.25) is 0 Å². The van der Waals surface area contributed by atoms with Crippen molar-refractivity contribution in [3.8, 4) is 0 Å². The Balaban J connectivity index is 3.08. The lowest BCUT2D eigenvalue weighted by molar-refractivity contribution is -0.132. The highest BCUT2D eigenvalue weighted by Gasteiger charge is 2.23. The molecule has 0 saturated carbocycles. The Kier molecular flexibility index (Phi) is 2.76. The molecule has 0 atom stereocenters. The lowest BCUT2D eigenvalue weighted by Gasteiger charge is -2.04. The van der Waals surface area contributed by atoms with Crippen molar-refractivity contribution in [2.45, 2.75) is 0 Å². The number of hydrogen-bond donors (Lipinski definition) is 0. The minimum Gasteiger partial charge on any atom is -0.283 e. The minimum absolute atomic E-state index is 0.0673. The summed E-state index contributed by atoms with van der Waals surface area (Å²) >= 11 is 0. The predicted octanol–water partition coefficient (Wildman–Crippen LogP) is 0.776. The number of amides is 1. The van der Waals surface area contributed by atoms with Gasteiger partial charge in [-0.15, -0.1) is 0 Å². The van der Waals surface area contributed by atoms with Gasteiger partial charge < -0.3 is 0 Å². The van der Waals surface area contributed by atoms with Gasteiger partial charge in [0.2, 0.25) is 0 Å². The minimum atomic E-state index is -1.03. The van der Waals surface area contributed by atoms with Gasteiger partial charge in [0.15, 0.2) is 0 Å². The van der Waals surface area contributed by atoms with Crippen molar-refractivity contribution in [3.63, 3.8) is 0 Å². The number of Topliss-reactive ketones (excluding diaryl/α,β-unsaturated/α-hetero) is 1. The second kappa shape index (κ2) is 4.38. The van der Waals surface area contributed by atoms with Gasteiger partial charge in [-0.25, -0.2) is 4.99 Å². The zero-order valence-corrected chi connectivity index (χ0v) is 8.68. The van der Waals surface area contributed by atoms with Gasteiger partial charge in [-0.3, -0.25) is 9.59 Å². The van der Waals surface area contributed by atoms with Gasteiger partial charge >= 0.3 is 5.91 Å². The van der Waals surface area contributed by atoms with Gasteiger partial charge in [-0.1, -0.05) is 22.4 Å². The maximum Gasteiger partial charge on any atom is 0.318 e. The van der Waals surface area contributed by atoms with Crippen molar-refractivity contribution < 1.29 is 9.59 Å². The van der Waals surface area contributed by atoms with E-state index in [9.17, 15) is 9.59 Å². The normalized spacial score (nSPS) is 13.0. The number of hydrogen-bond acceptors (Lipinski definition) is 4. The fourth-order valence-corrected chi connectivity index (χ4v) is 1.51. The Hall–Kier alpha value is -3.15. The molecule has 0 N–H and O–H groups in total. The first-order chi connectivity index (χ1) is 8.69. The van der Waals surface area contributed by atoms with Crippen LogP contribution in [0.3, 0.4) is 0 Å². The van der Waals surface area contributed by atoms with E-state index in [-0.39, 0.29) is 16.3 Å². The molecular weight excluding hydrogens is 238 g/mol. The smallest absolute Gasteiger partial charge is 0.283 e. The number of rotatable bonds is 2. The first-order valence-electron chi connectivity index (χ1n) is 4.60. The number of fused-ring (bicyclic) bond motifs is 1. The largest absolute Gasteiger partial charge is 0.318 e. The molecular formula is C9H3N7O2. The summed E-state index contributed by atoms with van der Waals surface area (Å²) in [6.07, 6.45) is 0. The third kappa shape index (κ3) is 1.67. The van der Waals surface area contributed by atoms with Crippen LogP contribution in [0.4, 0.5) is 5.69 Å². The van der Waals surface area contributed by atoms with Crippen LogP contribution in [0, 0.1) is 0 Å². The molecule has 1 aromatic rings. The lowest BCUT2D eigenvalue weighted by atomic mass is 10.1. The highest BCUT2D eigenvalue weighted by atomic mass is 16.2. The van der Waals surface area contributed by atoms with Crippen molar-refractivity contribution in [1.29, 1.82) is 0 Å². The molecule has 1 aliphatic heterocycles. The zero-order chi connectivity index (χ0) is 13.1. The third-order valence-corrected chi connectivity index (χ3v) is 2.19. The van der Waals surface area contributed by atoms with Crippen LogP contribution >= 0.6 is 0 Å². The lowest BCUT2D eigenvalue weighted by Crippen LogP contribution is -2.37. The molecule has 0 bridgehead atoms. The van der Waals surface area contributed by atoms with Crippen molar-refractivity contribution in [1.82, 2.24) is 0 Å². The third-order valence-electron chi connectivity index (χ3n) is 2.19. The van der Waals surface area contributed by atoms with E-state index in [1.807, 2.05) is 0 Å². The average molecular weight is 241 g/mol. The summed E-state index contributed by atoms with van der Waals surface area (Å²) < 4.78 is 0. The summed E-state index contributed by atoms with van der Waals surface area (Å²) in [4.78, 5) is 31.4. The molecule has 1 amide bonds.